The molecule has 3 rings (SSSR count). The van der Waals surface area contributed by atoms with Gasteiger partial charge in [0.15, 0.2) is 0 Å². The van der Waals surface area contributed by atoms with Crippen LogP contribution >= 0.6 is 0 Å². The molecule has 5 nitrogen and oxygen atoms in total. The molecule has 0 spiro atoms. The predicted molar refractivity (Wildman–Crippen MR) is 66.4 cm³/mol. The molecule has 0 radical (unpaired) electrons. The van der Waals surface area contributed by atoms with Crippen LogP contribution in [0.3, 0.4) is 0 Å². The summed E-state index contributed by atoms with van der Waals surface area (Å²) in [7, 11) is 1.84. The number of hydrogen-bond acceptors (Lipinski definition) is 2. The van der Waals surface area contributed by atoms with Crippen LogP contribution in [0.5, 0.6) is 0 Å². The van der Waals surface area contributed by atoms with E-state index in [1.165, 1.54) is 0 Å². The lowest BCUT2D eigenvalue weighted by Crippen LogP contribution is -2.22. The van der Waals surface area contributed by atoms with Gasteiger partial charge in [0.05, 0.1) is 5.92 Å². The molecule has 2 heterocycles. The summed E-state index contributed by atoms with van der Waals surface area (Å²) < 4.78 is 3.42. The molecule has 18 heavy (non-hydrogen) atoms. The first kappa shape index (κ1) is 11.1. The second-order valence-electron chi connectivity index (χ2n) is 4.94. The van der Waals surface area contributed by atoms with Gasteiger partial charge in [-0.2, -0.15) is 0 Å². The maximum atomic E-state index is 12.2. The largest absolute Gasteiger partial charge is 0.481 e. The van der Waals surface area contributed by atoms with Gasteiger partial charge in [-0.3, -0.25) is 9.59 Å². The van der Waals surface area contributed by atoms with Gasteiger partial charge in [-0.1, -0.05) is 0 Å². The van der Waals surface area contributed by atoms with Crippen molar-refractivity contribution in [3.8, 4) is 0 Å². The second kappa shape index (κ2) is 3.73. The molecule has 1 fully saturated rings. The van der Waals surface area contributed by atoms with Gasteiger partial charge in [0.25, 0.3) is 5.56 Å². The summed E-state index contributed by atoms with van der Waals surface area (Å²) in [4.78, 5) is 23.0. The average Bonchev–Trinajstić information content (AvgIpc) is 2.99. The highest BCUT2D eigenvalue weighted by Gasteiger charge is 2.43. The van der Waals surface area contributed by atoms with Gasteiger partial charge in [0.1, 0.15) is 5.52 Å². The number of pyridine rings is 1. The van der Waals surface area contributed by atoms with E-state index in [0.29, 0.717) is 18.5 Å². The van der Waals surface area contributed by atoms with Crippen molar-refractivity contribution < 1.29 is 9.90 Å². The number of carbonyl (C=O) groups is 1. The molecule has 1 N–H and O–H groups in total. The molecule has 2 atom stereocenters. The number of aromatic nitrogens is 2. The van der Waals surface area contributed by atoms with Crippen molar-refractivity contribution in [2.75, 3.05) is 0 Å². The minimum atomic E-state index is -0.756. The van der Waals surface area contributed by atoms with Crippen molar-refractivity contribution in [1.82, 2.24) is 9.13 Å². The van der Waals surface area contributed by atoms with E-state index in [2.05, 4.69) is 0 Å². The normalized spacial score (nSPS) is 22.3. The summed E-state index contributed by atoms with van der Waals surface area (Å²) in [5, 5.41) is 9.78. The Kier molecular flexibility index (Phi) is 2.29. The molecule has 2 aromatic heterocycles. The third kappa shape index (κ3) is 1.63. The first-order chi connectivity index (χ1) is 8.58. The molecule has 0 bridgehead atoms. The fourth-order valence-electron chi connectivity index (χ4n) is 2.48. The Balaban J connectivity index is 1.94. The van der Waals surface area contributed by atoms with Crippen LogP contribution in [0.15, 0.2) is 29.3 Å². The fourth-order valence-corrected chi connectivity index (χ4v) is 2.48. The molecule has 0 aliphatic heterocycles. The number of carboxylic acids is 1. The van der Waals surface area contributed by atoms with Crippen LogP contribution in [0.2, 0.25) is 0 Å². The summed E-state index contributed by atoms with van der Waals surface area (Å²) in [6.45, 7) is 0.497. The average molecular weight is 246 g/mol. The van der Waals surface area contributed by atoms with Crippen molar-refractivity contribution in [1.29, 1.82) is 0 Å². The topological polar surface area (TPSA) is 64.2 Å². The maximum Gasteiger partial charge on any atom is 0.306 e. The molecule has 5 heteroatoms. The monoisotopic (exact) mass is 246 g/mol. The minimum Gasteiger partial charge on any atom is -0.481 e. The van der Waals surface area contributed by atoms with E-state index in [0.717, 1.165) is 5.39 Å². The Morgan fingerprint density at radius 3 is 2.83 bits per heavy atom. The van der Waals surface area contributed by atoms with Crippen LogP contribution in [0.4, 0.5) is 0 Å². The number of carboxylic acid groups (broad SMARTS) is 1. The SMILES string of the molecule is Cn1ccc2ccn(C[C@@H]3C[C@H]3C(=O)O)c(=O)c21. The number of aryl methyl sites for hydroxylation is 1. The molecule has 1 saturated carbocycles. The zero-order valence-corrected chi connectivity index (χ0v) is 10.0. The van der Waals surface area contributed by atoms with Crippen molar-refractivity contribution in [2.45, 2.75) is 13.0 Å². The van der Waals surface area contributed by atoms with Crippen molar-refractivity contribution in [2.24, 2.45) is 18.9 Å². The first-order valence-corrected chi connectivity index (χ1v) is 5.95. The number of aliphatic carboxylic acids is 1. The third-order valence-electron chi connectivity index (χ3n) is 3.67. The highest BCUT2D eigenvalue weighted by molar-refractivity contribution is 5.78. The van der Waals surface area contributed by atoms with Gasteiger partial charge in [-0.15, -0.1) is 0 Å². The van der Waals surface area contributed by atoms with Crippen molar-refractivity contribution >= 4 is 16.9 Å². The lowest BCUT2D eigenvalue weighted by atomic mass is 10.3. The van der Waals surface area contributed by atoms with Gasteiger partial charge in [-0.25, -0.2) is 0 Å². The quantitative estimate of drug-likeness (QED) is 0.880. The highest BCUT2D eigenvalue weighted by atomic mass is 16.4. The molecule has 1 aliphatic rings. The highest BCUT2D eigenvalue weighted by Crippen LogP contribution is 2.39. The molecule has 0 saturated heterocycles. The molecule has 0 unspecified atom stereocenters. The number of fused-ring (bicyclic) bond motifs is 1. The van der Waals surface area contributed by atoms with Crippen molar-refractivity contribution in [3.05, 3.63) is 34.9 Å². The van der Waals surface area contributed by atoms with Gasteiger partial charge < -0.3 is 14.2 Å². The standard InChI is InChI=1S/C13H14N2O3/c1-14-4-2-8-3-5-15(12(16)11(8)14)7-9-6-10(9)13(17)18/h2-5,9-10H,6-7H2,1H3,(H,17,18)/t9-,10+/m0/s1. The number of hydrogen-bond donors (Lipinski definition) is 1. The Morgan fingerprint density at radius 2 is 2.17 bits per heavy atom. The molecule has 94 valence electrons. The van der Waals surface area contributed by atoms with Gasteiger partial charge in [-0.05, 0) is 24.5 Å². The molecule has 1 aliphatic carbocycles. The Morgan fingerprint density at radius 1 is 1.44 bits per heavy atom. The fraction of sp³-hybridized carbons (Fsp3) is 0.385. The number of rotatable bonds is 3. The zero-order chi connectivity index (χ0) is 12.9. The Bertz CT molecular complexity index is 683. The smallest absolute Gasteiger partial charge is 0.306 e. The molecule has 0 aromatic carbocycles. The lowest BCUT2D eigenvalue weighted by Gasteiger charge is -2.05. The Hall–Kier alpha value is -2.04. The van der Waals surface area contributed by atoms with Crippen LogP contribution in [0, 0.1) is 11.8 Å². The van der Waals surface area contributed by atoms with Gasteiger partial charge >= 0.3 is 5.97 Å². The van der Waals surface area contributed by atoms with Gasteiger partial charge in [0.2, 0.25) is 0 Å². The van der Waals surface area contributed by atoms with E-state index in [-0.39, 0.29) is 17.4 Å². The zero-order valence-electron chi connectivity index (χ0n) is 10.0. The van der Waals surface area contributed by atoms with E-state index in [1.807, 2.05) is 25.4 Å². The van der Waals surface area contributed by atoms with Crippen LogP contribution < -0.4 is 5.56 Å². The van der Waals surface area contributed by atoms with E-state index in [1.54, 1.807) is 15.3 Å². The summed E-state index contributed by atoms with van der Waals surface area (Å²) in [5.74, 6) is -0.938. The van der Waals surface area contributed by atoms with Crippen LogP contribution in [0.1, 0.15) is 6.42 Å². The third-order valence-corrected chi connectivity index (χ3v) is 3.67. The Labute approximate surface area is 103 Å². The molecular weight excluding hydrogens is 232 g/mol. The van der Waals surface area contributed by atoms with E-state index in [4.69, 9.17) is 5.11 Å². The van der Waals surface area contributed by atoms with E-state index < -0.39 is 5.97 Å². The summed E-state index contributed by atoms with van der Waals surface area (Å²) in [5.41, 5.74) is 0.626. The lowest BCUT2D eigenvalue weighted by molar-refractivity contribution is -0.138. The van der Waals surface area contributed by atoms with Gasteiger partial charge in [0, 0.05) is 31.4 Å². The summed E-state index contributed by atoms with van der Waals surface area (Å²) >= 11 is 0. The van der Waals surface area contributed by atoms with Crippen molar-refractivity contribution in [3.63, 3.8) is 0 Å². The summed E-state index contributed by atoms with van der Waals surface area (Å²) in [6, 6.07) is 3.80. The summed E-state index contributed by atoms with van der Waals surface area (Å²) in [6.07, 6.45) is 4.28. The van der Waals surface area contributed by atoms with Crippen LogP contribution in [-0.4, -0.2) is 20.2 Å². The molecule has 2 aromatic rings. The minimum absolute atomic E-state index is 0.0453. The van der Waals surface area contributed by atoms with E-state index in [9.17, 15) is 9.59 Å². The predicted octanol–water partition coefficient (Wildman–Crippen LogP) is 1.06. The second-order valence-corrected chi connectivity index (χ2v) is 4.94. The van der Waals surface area contributed by atoms with Crippen LogP contribution in [0.25, 0.3) is 10.9 Å². The van der Waals surface area contributed by atoms with Crippen LogP contribution in [-0.2, 0) is 18.4 Å². The van der Waals surface area contributed by atoms with E-state index >= 15 is 0 Å². The maximum absolute atomic E-state index is 12.2. The first-order valence-electron chi connectivity index (χ1n) is 5.95. The molecular formula is C13H14N2O3. The molecule has 0 amide bonds. The number of nitrogens with zero attached hydrogens (tertiary/aromatic N) is 2.